The third kappa shape index (κ3) is 3.58. The molecule has 4 heteroatoms. The number of hydrogen-bond donors (Lipinski definition) is 2. The van der Waals surface area contributed by atoms with Gasteiger partial charge in [-0.05, 0) is 25.5 Å². The second kappa shape index (κ2) is 6.38. The van der Waals surface area contributed by atoms with E-state index in [4.69, 9.17) is 4.42 Å². The number of carbonyl (C=O) groups is 1. The summed E-state index contributed by atoms with van der Waals surface area (Å²) in [4.78, 5) is 11.7. The highest BCUT2D eigenvalue weighted by Gasteiger charge is 2.12. The second-order valence-electron chi connectivity index (χ2n) is 4.64. The molecule has 1 amide bonds. The molecule has 1 heterocycles. The van der Waals surface area contributed by atoms with Crippen LogP contribution in [0.1, 0.15) is 26.0 Å². The van der Waals surface area contributed by atoms with Crippen molar-refractivity contribution >= 4 is 16.9 Å². The predicted molar refractivity (Wildman–Crippen MR) is 75.8 cm³/mol. The average Bonchev–Trinajstić information content (AvgIpc) is 2.84. The lowest BCUT2D eigenvalue weighted by Gasteiger charge is -2.12. The van der Waals surface area contributed by atoms with Gasteiger partial charge in [0.25, 0.3) is 0 Å². The molecule has 1 unspecified atom stereocenters. The molecular weight excluding hydrogens is 240 g/mol. The highest BCUT2D eigenvalue weighted by molar-refractivity contribution is 5.81. The second-order valence-corrected chi connectivity index (χ2v) is 4.64. The summed E-state index contributed by atoms with van der Waals surface area (Å²) in [5.74, 6) is 0.870. The molecule has 0 fully saturated rings. The summed E-state index contributed by atoms with van der Waals surface area (Å²) in [6.07, 6.45) is 0.946. The molecule has 19 heavy (non-hydrogen) atoms. The number of furan rings is 1. The zero-order valence-corrected chi connectivity index (χ0v) is 11.4. The van der Waals surface area contributed by atoms with Crippen molar-refractivity contribution in [3.8, 4) is 0 Å². The zero-order valence-electron chi connectivity index (χ0n) is 11.4. The Balaban J connectivity index is 1.89. The van der Waals surface area contributed by atoms with Crippen LogP contribution in [-0.4, -0.2) is 18.5 Å². The third-order valence-electron chi connectivity index (χ3n) is 3.00. The molecule has 1 atom stereocenters. The van der Waals surface area contributed by atoms with E-state index in [2.05, 4.69) is 10.6 Å². The fourth-order valence-corrected chi connectivity index (χ4v) is 1.87. The van der Waals surface area contributed by atoms with Gasteiger partial charge in [0.2, 0.25) is 5.91 Å². The fourth-order valence-electron chi connectivity index (χ4n) is 1.87. The van der Waals surface area contributed by atoms with Gasteiger partial charge in [-0.2, -0.15) is 0 Å². The Labute approximate surface area is 113 Å². The van der Waals surface area contributed by atoms with Gasteiger partial charge >= 0.3 is 0 Å². The summed E-state index contributed by atoms with van der Waals surface area (Å²) in [5, 5.41) is 7.11. The maximum Gasteiger partial charge on any atom is 0.236 e. The number of para-hydroxylation sites is 1. The lowest BCUT2D eigenvalue weighted by molar-refractivity contribution is -0.122. The summed E-state index contributed by atoms with van der Waals surface area (Å²) in [6.45, 7) is 5.16. The summed E-state index contributed by atoms with van der Waals surface area (Å²) < 4.78 is 5.69. The van der Waals surface area contributed by atoms with Gasteiger partial charge in [0.05, 0.1) is 12.6 Å². The zero-order chi connectivity index (χ0) is 13.7. The first-order chi connectivity index (χ1) is 9.20. The average molecular weight is 260 g/mol. The van der Waals surface area contributed by atoms with Crippen LogP contribution in [0.5, 0.6) is 0 Å². The van der Waals surface area contributed by atoms with E-state index in [1.54, 1.807) is 0 Å². The van der Waals surface area contributed by atoms with Crippen molar-refractivity contribution in [2.75, 3.05) is 6.54 Å². The highest BCUT2D eigenvalue weighted by atomic mass is 16.3. The van der Waals surface area contributed by atoms with Crippen molar-refractivity contribution in [3.05, 3.63) is 36.1 Å². The Morgan fingerprint density at radius 3 is 2.89 bits per heavy atom. The molecule has 0 bridgehead atoms. The van der Waals surface area contributed by atoms with Gasteiger partial charge in [0.15, 0.2) is 0 Å². The minimum absolute atomic E-state index is 0.0259. The van der Waals surface area contributed by atoms with E-state index in [0.717, 1.165) is 29.7 Å². The molecule has 2 N–H and O–H groups in total. The smallest absolute Gasteiger partial charge is 0.236 e. The Kier molecular flexibility index (Phi) is 4.58. The van der Waals surface area contributed by atoms with E-state index in [0.29, 0.717) is 6.54 Å². The van der Waals surface area contributed by atoms with Crippen molar-refractivity contribution in [3.63, 3.8) is 0 Å². The Morgan fingerprint density at radius 1 is 1.37 bits per heavy atom. The van der Waals surface area contributed by atoms with Crippen LogP contribution in [0.4, 0.5) is 0 Å². The standard InChI is InChI=1S/C15H20N2O2/c1-3-8-16-15(18)11(2)17-10-13-9-12-6-4-5-7-14(12)19-13/h4-7,9,11,17H,3,8,10H2,1-2H3,(H,16,18). The summed E-state index contributed by atoms with van der Waals surface area (Å²) in [5.41, 5.74) is 0.877. The normalized spacial score (nSPS) is 12.5. The summed E-state index contributed by atoms with van der Waals surface area (Å²) in [6, 6.07) is 9.66. The summed E-state index contributed by atoms with van der Waals surface area (Å²) >= 11 is 0. The SMILES string of the molecule is CCCNC(=O)C(C)NCc1cc2ccccc2o1. The Hall–Kier alpha value is -1.81. The van der Waals surface area contributed by atoms with Gasteiger partial charge in [-0.15, -0.1) is 0 Å². The van der Waals surface area contributed by atoms with Crippen molar-refractivity contribution in [1.82, 2.24) is 10.6 Å². The number of nitrogens with one attached hydrogen (secondary N) is 2. The maximum absolute atomic E-state index is 11.7. The van der Waals surface area contributed by atoms with E-state index in [1.165, 1.54) is 0 Å². The number of hydrogen-bond acceptors (Lipinski definition) is 3. The maximum atomic E-state index is 11.7. The number of amides is 1. The van der Waals surface area contributed by atoms with Crippen LogP contribution in [0.15, 0.2) is 34.7 Å². The van der Waals surface area contributed by atoms with Crippen LogP contribution < -0.4 is 10.6 Å². The Bertz CT molecular complexity index is 515. The molecule has 0 saturated carbocycles. The first-order valence-electron chi connectivity index (χ1n) is 6.69. The predicted octanol–water partition coefficient (Wildman–Crippen LogP) is 2.44. The van der Waals surface area contributed by atoms with Crippen LogP contribution in [0.3, 0.4) is 0 Å². The Morgan fingerprint density at radius 2 is 2.16 bits per heavy atom. The van der Waals surface area contributed by atoms with E-state index < -0.39 is 0 Å². The molecule has 0 saturated heterocycles. The van der Waals surface area contributed by atoms with E-state index in [9.17, 15) is 4.79 Å². The molecule has 2 aromatic rings. The third-order valence-corrected chi connectivity index (χ3v) is 3.00. The first kappa shape index (κ1) is 13.6. The lowest BCUT2D eigenvalue weighted by atomic mass is 10.2. The van der Waals surface area contributed by atoms with E-state index >= 15 is 0 Å². The molecule has 0 aliphatic heterocycles. The molecule has 0 aliphatic rings. The molecule has 4 nitrogen and oxygen atoms in total. The van der Waals surface area contributed by atoms with Gasteiger partial charge in [-0.3, -0.25) is 10.1 Å². The first-order valence-corrected chi connectivity index (χ1v) is 6.69. The van der Waals surface area contributed by atoms with Gasteiger partial charge in [-0.25, -0.2) is 0 Å². The topological polar surface area (TPSA) is 54.3 Å². The van der Waals surface area contributed by atoms with Crippen molar-refractivity contribution in [2.24, 2.45) is 0 Å². The van der Waals surface area contributed by atoms with Crippen molar-refractivity contribution in [1.29, 1.82) is 0 Å². The number of benzene rings is 1. The van der Waals surface area contributed by atoms with Crippen LogP contribution in [0, 0.1) is 0 Å². The van der Waals surface area contributed by atoms with Gasteiger partial charge in [-0.1, -0.05) is 25.1 Å². The number of rotatable bonds is 6. The molecule has 0 radical (unpaired) electrons. The number of carbonyl (C=O) groups excluding carboxylic acids is 1. The van der Waals surface area contributed by atoms with Crippen LogP contribution in [0.25, 0.3) is 11.0 Å². The van der Waals surface area contributed by atoms with Crippen LogP contribution in [0.2, 0.25) is 0 Å². The van der Waals surface area contributed by atoms with Crippen molar-refractivity contribution < 1.29 is 9.21 Å². The van der Waals surface area contributed by atoms with E-state index in [-0.39, 0.29) is 11.9 Å². The molecule has 2 rings (SSSR count). The van der Waals surface area contributed by atoms with Crippen LogP contribution in [-0.2, 0) is 11.3 Å². The quantitative estimate of drug-likeness (QED) is 0.838. The summed E-state index contributed by atoms with van der Waals surface area (Å²) in [7, 11) is 0. The fraction of sp³-hybridized carbons (Fsp3) is 0.400. The molecule has 0 spiro atoms. The largest absolute Gasteiger partial charge is 0.460 e. The van der Waals surface area contributed by atoms with Crippen molar-refractivity contribution in [2.45, 2.75) is 32.9 Å². The minimum Gasteiger partial charge on any atom is -0.460 e. The van der Waals surface area contributed by atoms with E-state index in [1.807, 2.05) is 44.2 Å². The molecule has 0 aliphatic carbocycles. The highest BCUT2D eigenvalue weighted by Crippen LogP contribution is 2.18. The van der Waals surface area contributed by atoms with Gasteiger partial charge in [0, 0.05) is 11.9 Å². The lowest BCUT2D eigenvalue weighted by Crippen LogP contribution is -2.41. The molecule has 1 aromatic carbocycles. The number of fused-ring (bicyclic) bond motifs is 1. The molecule has 1 aromatic heterocycles. The minimum atomic E-state index is -0.222. The van der Waals surface area contributed by atoms with Crippen LogP contribution >= 0.6 is 0 Å². The molecular formula is C15H20N2O2. The van der Waals surface area contributed by atoms with Gasteiger partial charge in [0.1, 0.15) is 11.3 Å². The monoisotopic (exact) mass is 260 g/mol. The molecule has 102 valence electrons. The van der Waals surface area contributed by atoms with Gasteiger partial charge < -0.3 is 9.73 Å².